The molecule has 0 spiro atoms. The smallest absolute Gasteiger partial charge is 0.339 e. The van der Waals surface area contributed by atoms with Crippen LogP contribution in [0.4, 0.5) is 5.69 Å². The summed E-state index contributed by atoms with van der Waals surface area (Å²) in [5.74, 6) is -0.373. The highest BCUT2D eigenvalue weighted by Gasteiger charge is 2.26. The predicted octanol–water partition coefficient (Wildman–Crippen LogP) is 6.27. The molecular weight excluding hydrogens is 504 g/mol. The van der Waals surface area contributed by atoms with Crippen molar-refractivity contribution >= 4 is 51.7 Å². The van der Waals surface area contributed by atoms with E-state index in [4.69, 9.17) is 26.1 Å². The number of amides is 1. The fraction of sp³-hybridized carbons (Fsp3) is 0.167. The van der Waals surface area contributed by atoms with Crippen LogP contribution in [0.25, 0.3) is 22.6 Å². The number of anilines is 1. The summed E-state index contributed by atoms with van der Waals surface area (Å²) in [6.45, 7) is -0.454. The number of rotatable bonds is 6. The predicted molar refractivity (Wildman–Crippen MR) is 148 cm³/mol. The normalized spacial score (nSPS) is 13.7. The second-order valence-corrected chi connectivity index (χ2v) is 9.33. The van der Waals surface area contributed by atoms with Crippen LogP contribution < -0.4 is 10.1 Å². The highest BCUT2D eigenvalue weighted by Crippen LogP contribution is 2.36. The van der Waals surface area contributed by atoms with Crippen molar-refractivity contribution in [1.82, 2.24) is 4.98 Å². The Morgan fingerprint density at radius 3 is 2.63 bits per heavy atom. The molecule has 1 heterocycles. The Balaban J connectivity index is 1.42. The van der Waals surface area contributed by atoms with Gasteiger partial charge < -0.3 is 19.9 Å². The number of aromatic hydroxyl groups is 1. The lowest BCUT2D eigenvalue weighted by atomic mass is 9.86. The van der Waals surface area contributed by atoms with Gasteiger partial charge in [-0.05, 0) is 78.4 Å². The number of benzene rings is 3. The monoisotopic (exact) mass is 528 g/mol. The molecule has 0 atom stereocenters. The topological polar surface area (TPSA) is 97.8 Å². The molecule has 0 radical (unpaired) electrons. The molecule has 8 heteroatoms. The summed E-state index contributed by atoms with van der Waals surface area (Å²) < 4.78 is 10.6. The third kappa shape index (κ3) is 5.33. The number of nitrogens with one attached hydrogen (secondary N) is 1. The molecule has 192 valence electrons. The van der Waals surface area contributed by atoms with Crippen LogP contribution in [0.3, 0.4) is 0 Å². The lowest BCUT2D eigenvalue weighted by Crippen LogP contribution is -2.22. The van der Waals surface area contributed by atoms with Gasteiger partial charge >= 0.3 is 5.97 Å². The van der Waals surface area contributed by atoms with Crippen LogP contribution in [-0.2, 0) is 16.0 Å². The van der Waals surface area contributed by atoms with E-state index in [1.807, 2.05) is 42.5 Å². The number of para-hydroxylation sites is 1. The summed E-state index contributed by atoms with van der Waals surface area (Å²) in [6, 6.07) is 19.2. The Morgan fingerprint density at radius 2 is 1.87 bits per heavy atom. The van der Waals surface area contributed by atoms with Gasteiger partial charge in [-0.2, -0.15) is 0 Å². The average Bonchev–Trinajstić information content (AvgIpc) is 2.92. The molecule has 1 amide bonds. The zero-order chi connectivity index (χ0) is 26.6. The summed E-state index contributed by atoms with van der Waals surface area (Å²) in [5.41, 5.74) is 5.08. The third-order valence-corrected chi connectivity index (χ3v) is 6.67. The summed E-state index contributed by atoms with van der Waals surface area (Å²) in [5, 5.41) is 13.3. The van der Waals surface area contributed by atoms with Gasteiger partial charge in [-0.15, -0.1) is 0 Å². The molecule has 1 aliphatic carbocycles. The Hall–Kier alpha value is -4.36. The highest BCUT2D eigenvalue weighted by atomic mass is 35.5. The molecule has 38 heavy (non-hydrogen) atoms. The van der Waals surface area contributed by atoms with E-state index in [2.05, 4.69) is 5.32 Å². The standard InChI is InChI=1S/C30H25ClN2O5/c1-37-26-14-11-20(16-24(26)31)32-27(35)17-38-30(36)28-22-6-2-3-8-25(22)33-29-19(5-4-7-23(28)29)15-18-9-12-21(34)13-10-18/h2-3,6,8-16,34H,4-5,7,17H2,1H3,(H,32,35). The molecule has 1 aliphatic rings. The van der Waals surface area contributed by atoms with Crippen molar-refractivity contribution in [2.24, 2.45) is 0 Å². The largest absolute Gasteiger partial charge is 0.508 e. The summed E-state index contributed by atoms with van der Waals surface area (Å²) in [7, 11) is 1.51. The van der Waals surface area contributed by atoms with Crippen molar-refractivity contribution < 1.29 is 24.2 Å². The first-order valence-corrected chi connectivity index (χ1v) is 12.5. The zero-order valence-electron chi connectivity index (χ0n) is 20.7. The number of halogens is 1. The first-order chi connectivity index (χ1) is 18.4. The van der Waals surface area contributed by atoms with E-state index in [9.17, 15) is 14.7 Å². The molecule has 7 nitrogen and oxygen atoms in total. The number of carbonyl (C=O) groups excluding carboxylic acids is 2. The average molecular weight is 529 g/mol. The maximum absolute atomic E-state index is 13.4. The van der Waals surface area contributed by atoms with Gasteiger partial charge in [0.15, 0.2) is 6.61 Å². The number of esters is 1. The van der Waals surface area contributed by atoms with Crippen LogP contribution in [0.2, 0.25) is 5.02 Å². The number of hydrogen-bond acceptors (Lipinski definition) is 6. The van der Waals surface area contributed by atoms with E-state index >= 15 is 0 Å². The first kappa shape index (κ1) is 25.3. The molecule has 4 aromatic rings. The molecule has 3 aromatic carbocycles. The second-order valence-electron chi connectivity index (χ2n) is 8.92. The molecule has 5 rings (SSSR count). The highest BCUT2D eigenvalue weighted by molar-refractivity contribution is 6.32. The van der Waals surface area contributed by atoms with E-state index < -0.39 is 18.5 Å². The van der Waals surface area contributed by atoms with Crippen molar-refractivity contribution in [3.05, 3.63) is 94.1 Å². The Bertz CT molecular complexity index is 1560. The summed E-state index contributed by atoms with van der Waals surface area (Å²) in [6.07, 6.45) is 4.35. The van der Waals surface area contributed by atoms with Crippen molar-refractivity contribution in [3.63, 3.8) is 0 Å². The van der Waals surface area contributed by atoms with Crippen LogP contribution in [0.15, 0.2) is 66.7 Å². The van der Waals surface area contributed by atoms with E-state index in [1.165, 1.54) is 7.11 Å². The Labute approximate surface area is 224 Å². The minimum atomic E-state index is -0.575. The molecule has 0 saturated carbocycles. The number of fused-ring (bicyclic) bond motifs is 2. The quantitative estimate of drug-likeness (QED) is 0.286. The molecule has 0 fully saturated rings. The number of methoxy groups -OCH3 is 1. The number of carbonyl (C=O) groups is 2. The number of nitrogens with zero attached hydrogens (tertiary/aromatic N) is 1. The molecule has 0 bridgehead atoms. The van der Waals surface area contributed by atoms with Crippen molar-refractivity contribution in [2.75, 3.05) is 19.0 Å². The fourth-order valence-corrected chi connectivity index (χ4v) is 4.88. The zero-order valence-corrected chi connectivity index (χ0v) is 21.4. The lowest BCUT2D eigenvalue weighted by Gasteiger charge is -2.22. The number of hydrogen-bond donors (Lipinski definition) is 2. The molecule has 0 saturated heterocycles. The van der Waals surface area contributed by atoms with Gasteiger partial charge in [-0.25, -0.2) is 9.78 Å². The van der Waals surface area contributed by atoms with Crippen LogP contribution >= 0.6 is 11.6 Å². The number of ether oxygens (including phenoxy) is 2. The number of pyridine rings is 1. The molecule has 1 aromatic heterocycles. The lowest BCUT2D eigenvalue weighted by molar-refractivity contribution is -0.119. The minimum Gasteiger partial charge on any atom is -0.508 e. The minimum absolute atomic E-state index is 0.199. The van der Waals surface area contributed by atoms with Gasteiger partial charge in [-0.1, -0.05) is 41.9 Å². The second kappa shape index (κ2) is 10.9. The van der Waals surface area contributed by atoms with Gasteiger partial charge in [0.2, 0.25) is 0 Å². The summed E-state index contributed by atoms with van der Waals surface area (Å²) >= 11 is 6.13. The number of allylic oxidation sites excluding steroid dienone is 1. The first-order valence-electron chi connectivity index (χ1n) is 12.1. The molecule has 0 unspecified atom stereocenters. The van der Waals surface area contributed by atoms with E-state index in [-0.39, 0.29) is 5.75 Å². The van der Waals surface area contributed by atoms with Gasteiger partial charge in [0, 0.05) is 11.1 Å². The van der Waals surface area contributed by atoms with E-state index in [0.29, 0.717) is 39.3 Å². The van der Waals surface area contributed by atoms with Crippen molar-refractivity contribution in [3.8, 4) is 11.5 Å². The molecular formula is C30H25ClN2O5. The van der Waals surface area contributed by atoms with Crippen LogP contribution in [0.5, 0.6) is 11.5 Å². The third-order valence-electron chi connectivity index (χ3n) is 6.38. The van der Waals surface area contributed by atoms with Crippen molar-refractivity contribution in [2.45, 2.75) is 19.3 Å². The Kier molecular flexibility index (Phi) is 7.29. The number of aromatic nitrogens is 1. The number of phenols is 1. The van der Waals surface area contributed by atoms with Gasteiger partial charge in [0.25, 0.3) is 5.91 Å². The van der Waals surface area contributed by atoms with Gasteiger partial charge in [-0.3, -0.25) is 4.79 Å². The SMILES string of the molecule is COc1ccc(NC(=O)COC(=O)c2c3c(nc4ccccc24)C(=Cc2ccc(O)cc2)CCC3)cc1Cl. The van der Waals surface area contributed by atoms with Crippen LogP contribution in [0, 0.1) is 0 Å². The maximum Gasteiger partial charge on any atom is 0.339 e. The molecule has 0 aliphatic heterocycles. The van der Waals surface area contributed by atoms with E-state index in [0.717, 1.165) is 35.2 Å². The fourth-order valence-electron chi connectivity index (χ4n) is 4.62. The van der Waals surface area contributed by atoms with E-state index in [1.54, 1.807) is 30.3 Å². The van der Waals surface area contributed by atoms with Crippen molar-refractivity contribution in [1.29, 1.82) is 0 Å². The van der Waals surface area contributed by atoms with Gasteiger partial charge in [0.1, 0.15) is 11.5 Å². The summed E-state index contributed by atoms with van der Waals surface area (Å²) in [4.78, 5) is 30.9. The van der Waals surface area contributed by atoms with Crippen LogP contribution in [0.1, 0.15) is 40.0 Å². The Morgan fingerprint density at radius 1 is 1.08 bits per heavy atom. The maximum atomic E-state index is 13.4. The number of phenolic OH excluding ortho intramolecular Hbond substituents is 1. The van der Waals surface area contributed by atoms with Gasteiger partial charge in [0.05, 0.1) is 28.9 Å². The molecule has 2 N–H and O–H groups in total. The van der Waals surface area contributed by atoms with Crippen LogP contribution in [-0.4, -0.2) is 35.7 Å².